The van der Waals surface area contributed by atoms with Gasteiger partial charge in [0.05, 0.1) is 4.92 Å². The lowest BCUT2D eigenvalue weighted by molar-refractivity contribution is -0.385. The molecule has 0 saturated carbocycles. The predicted octanol–water partition coefficient (Wildman–Crippen LogP) is 1.81. The van der Waals surface area contributed by atoms with Gasteiger partial charge in [-0.2, -0.15) is 5.10 Å². The minimum atomic E-state index is -0.453. The lowest BCUT2D eigenvalue weighted by atomic mass is 10.3. The van der Waals surface area contributed by atoms with E-state index in [1.807, 2.05) is 0 Å². The molecule has 1 aromatic heterocycles. The van der Waals surface area contributed by atoms with Gasteiger partial charge in [0.2, 0.25) is 0 Å². The van der Waals surface area contributed by atoms with Crippen LogP contribution in [0.2, 0.25) is 0 Å². The van der Waals surface area contributed by atoms with Gasteiger partial charge in [0.1, 0.15) is 12.4 Å². The molecule has 5 nitrogen and oxygen atoms in total. The maximum Gasteiger partial charge on any atom is 0.306 e. The van der Waals surface area contributed by atoms with Crippen molar-refractivity contribution in [3.63, 3.8) is 0 Å². The molecule has 0 aliphatic heterocycles. The van der Waals surface area contributed by atoms with Crippen LogP contribution in [0.5, 0.6) is 0 Å². The molecule has 0 saturated heterocycles. The number of unbranched alkanes of at least 4 members (excludes halogenated alkanes) is 1. The standard InChI is InChI=1S/C7H10ClN3O2/c8-3-1-2-4-10-6-7(5-9-10)11(12)13/h5-6H,1-4H2. The number of nitro groups is 1. The summed E-state index contributed by atoms with van der Waals surface area (Å²) >= 11 is 5.49. The number of rotatable bonds is 5. The fourth-order valence-corrected chi connectivity index (χ4v) is 1.13. The van der Waals surface area contributed by atoms with E-state index in [0.717, 1.165) is 12.8 Å². The number of hydrogen-bond acceptors (Lipinski definition) is 3. The molecule has 1 heterocycles. The normalized spacial score (nSPS) is 10.2. The minimum absolute atomic E-state index is 0.0332. The van der Waals surface area contributed by atoms with Gasteiger partial charge < -0.3 is 0 Å². The zero-order valence-corrected chi connectivity index (χ0v) is 7.78. The van der Waals surface area contributed by atoms with Crippen LogP contribution in [0.1, 0.15) is 12.8 Å². The number of alkyl halides is 1. The van der Waals surface area contributed by atoms with Crippen LogP contribution in [0.3, 0.4) is 0 Å². The summed E-state index contributed by atoms with van der Waals surface area (Å²) in [6, 6.07) is 0. The van der Waals surface area contributed by atoms with Crippen molar-refractivity contribution >= 4 is 17.3 Å². The lowest BCUT2D eigenvalue weighted by Gasteiger charge is -1.96. The molecule has 0 bridgehead atoms. The summed E-state index contributed by atoms with van der Waals surface area (Å²) in [5.74, 6) is 0.614. The van der Waals surface area contributed by atoms with Gasteiger partial charge in [-0.05, 0) is 12.8 Å². The second kappa shape index (κ2) is 4.81. The Kier molecular flexibility index (Phi) is 3.70. The van der Waals surface area contributed by atoms with Crippen LogP contribution in [-0.2, 0) is 6.54 Å². The van der Waals surface area contributed by atoms with Crippen molar-refractivity contribution in [2.24, 2.45) is 0 Å². The summed E-state index contributed by atoms with van der Waals surface area (Å²) < 4.78 is 1.56. The lowest BCUT2D eigenvalue weighted by Crippen LogP contribution is -1.98. The molecule has 0 fully saturated rings. The van der Waals surface area contributed by atoms with Crippen LogP contribution < -0.4 is 0 Å². The molecule has 0 radical (unpaired) electrons. The fraction of sp³-hybridized carbons (Fsp3) is 0.571. The highest BCUT2D eigenvalue weighted by Gasteiger charge is 2.07. The van der Waals surface area contributed by atoms with Crippen molar-refractivity contribution < 1.29 is 4.92 Å². The summed E-state index contributed by atoms with van der Waals surface area (Å²) in [5, 5.41) is 14.1. The molecule has 6 heteroatoms. The van der Waals surface area contributed by atoms with Gasteiger partial charge in [0, 0.05) is 12.4 Å². The fourth-order valence-electron chi connectivity index (χ4n) is 0.938. The molecule has 13 heavy (non-hydrogen) atoms. The zero-order chi connectivity index (χ0) is 9.68. The highest BCUT2D eigenvalue weighted by atomic mass is 35.5. The van der Waals surface area contributed by atoms with E-state index < -0.39 is 4.92 Å². The van der Waals surface area contributed by atoms with Crippen molar-refractivity contribution in [3.05, 3.63) is 22.5 Å². The molecule has 0 N–H and O–H groups in total. The average molecular weight is 204 g/mol. The smallest absolute Gasteiger partial charge is 0.266 e. The highest BCUT2D eigenvalue weighted by molar-refractivity contribution is 6.17. The van der Waals surface area contributed by atoms with Gasteiger partial charge in [-0.25, -0.2) is 0 Å². The van der Waals surface area contributed by atoms with Crippen LogP contribution in [0.4, 0.5) is 5.69 Å². The summed E-state index contributed by atoms with van der Waals surface area (Å²) in [4.78, 5) is 9.82. The highest BCUT2D eigenvalue weighted by Crippen LogP contribution is 2.08. The third-order valence-electron chi connectivity index (χ3n) is 1.60. The van der Waals surface area contributed by atoms with Gasteiger partial charge in [0.15, 0.2) is 0 Å². The number of hydrogen-bond donors (Lipinski definition) is 0. The molecule has 0 amide bonds. The SMILES string of the molecule is O=[N+]([O-])c1cnn(CCCCCl)c1. The van der Waals surface area contributed by atoms with E-state index in [0.29, 0.717) is 12.4 Å². The van der Waals surface area contributed by atoms with Crippen molar-refractivity contribution in [1.29, 1.82) is 0 Å². The van der Waals surface area contributed by atoms with E-state index in [4.69, 9.17) is 11.6 Å². The number of halogens is 1. The van der Waals surface area contributed by atoms with Crippen LogP contribution in [-0.4, -0.2) is 20.6 Å². The third-order valence-corrected chi connectivity index (χ3v) is 1.87. The van der Waals surface area contributed by atoms with Gasteiger partial charge in [0.25, 0.3) is 0 Å². The van der Waals surface area contributed by atoms with Gasteiger partial charge >= 0.3 is 5.69 Å². The van der Waals surface area contributed by atoms with Crippen molar-refractivity contribution in [2.45, 2.75) is 19.4 Å². The third kappa shape index (κ3) is 3.02. The summed E-state index contributed by atoms with van der Waals surface area (Å²) in [7, 11) is 0. The van der Waals surface area contributed by atoms with Crippen LogP contribution in [0.25, 0.3) is 0 Å². The minimum Gasteiger partial charge on any atom is -0.266 e. The van der Waals surface area contributed by atoms with E-state index in [-0.39, 0.29) is 5.69 Å². The Morgan fingerprint density at radius 3 is 2.92 bits per heavy atom. The van der Waals surface area contributed by atoms with Crippen LogP contribution in [0.15, 0.2) is 12.4 Å². The molecule has 1 rings (SSSR count). The molecule has 0 aliphatic carbocycles. The Bertz CT molecular complexity index is 287. The number of aromatic nitrogens is 2. The van der Waals surface area contributed by atoms with E-state index in [9.17, 15) is 10.1 Å². The molecular formula is C7H10ClN3O2. The van der Waals surface area contributed by atoms with E-state index in [1.165, 1.54) is 12.4 Å². The Balaban J connectivity index is 2.44. The molecule has 1 aromatic rings. The molecule has 0 aromatic carbocycles. The second-order valence-corrected chi connectivity index (χ2v) is 2.99. The van der Waals surface area contributed by atoms with E-state index >= 15 is 0 Å². The summed E-state index contributed by atoms with van der Waals surface area (Å²) in [6.07, 6.45) is 4.46. The first-order valence-electron chi connectivity index (χ1n) is 3.97. The Morgan fingerprint density at radius 1 is 1.62 bits per heavy atom. The quantitative estimate of drug-likeness (QED) is 0.317. The van der Waals surface area contributed by atoms with Crippen LogP contribution >= 0.6 is 11.6 Å². The molecule has 0 unspecified atom stereocenters. The summed E-state index contributed by atoms with van der Waals surface area (Å²) in [5.41, 5.74) is 0.0332. The maximum atomic E-state index is 10.3. The van der Waals surface area contributed by atoms with Gasteiger partial charge in [-0.15, -0.1) is 11.6 Å². The Labute approximate surface area is 80.5 Å². The van der Waals surface area contributed by atoms with Crippen molar-refractivity contribution in [2.75, 3.05) is 5.88 Å². The second-order valence-electron chi connectivity index (χ2n) is 2.61. The number of aryl methyl sites for hydroxylation is 1. The number of nitrogens with zero attached hydrogens (tertiary/aromatic N) is 3. The van der Waals surface area contributed by atoms with Crippen molar-refractivity contribution in [3.8, 4) is 0 Å². The predicted molar refractivity (Wildman–Crippen MR) is 48.8 cm³/mol. The molecule has 0 atom stereocenters. The monoisotopic (exact) mass is 203 g/mol. The van der Waals surface area contributed by atoms with E-state index in [1.54, 1.807) is 4.68 Å². The first-order chi connectivity index (χ1) is 6.24. The molecular weight excluding hydrogens is 194 g/mol. The average Bonchev–Trinajstić information content (AvgIpc) is 2.53. The molecule has 0 spiro atoms. The Hall–Kier alpha value is -1.10. The van der Waals surface area contributed by atoms with Crippen molar-refractivity contribution in [1.82, 2.24) is 9.78 Å². The van der Waals surface area contributed by atoms with Gasteiger partial charge in [-0.3, -0.25) is 14.8 Å². The zero-order valence-electron chi connectivity index (χ0n) is 7.02. The largest absolute Gasteiger partial charge is 0.306 e. The first kappa shape index (κ1) is 9.98. The van der Waals surface area contributed by atoms with E-state index in [2.05, 4.69) is 5.10 Å². The molecule has 0 aliphatic rings. The first-order valence-corrected chi connectivity index (χ1v) is 4.50. The van der Waals surface area contributed by atoms with Crippen LogP contribution in [0, 0.1) is 10.1 Å². The Morgan fingerprint density at radius 2 is 2.38 bits per heavy atom. The van der Waals surface area contributed by atoms with Gasteiger partial charge in [-0.1, -0.05) is 0 Å². The maximum absolute atomic E-state index is 10.3. The topological polar surface area (TPSA) is 61.0 Å². The summed E-state index contributed by atoms with van der Waals surface area (Å²) in [6.45, 7) is 0.681. The molecule has 72 valence electrons.